The first-order valence-corrected chi connectivity index (χ1v) is 11.7. The smallest absolute Gasteiger partial charge is 0.310 e. The first-order chi connectivity index (χ1) is 16.2. The van der Waals surface area contributed by atoms with Crippen LogP contribution in [0.2, 0.25) is 0 Å². The van der Waals surface area contributed by atoms with Crippen molar-refractivity contribution in [3.63, 3.8) is 0 Å². The van der Waals surface area contributed by atoms with Crippen LogP contribution in [-0.2, 0) is 4.65 Å². The summed E-state index contributed by atoms with van der Waals surface area (Å²) in [5.41, 5.74) is 5.68. The lowest BCUT2D eigenvalue weighted by Crippen LogP contribution is -2.49. The highest BCUT2D eigenvalue weighted by atomic mass is 16.5. The zero-order chi connectivity index (χ0) is 23.9. The lowest BCUT2D eigenvalue weighted by molar-refractivity contribution is -0.0893. The van der Waals surface area contributed by atoms with Crippen LogP contribution < -0.4 is 5.46 Å². The minimum Gasteiger partial charge on any atom is -0.455 e. The van der Waals surface area contributed by atoms with Gasteiger partial charge in [-0.1, -0.05) is 84.9 Å². The van der Waals surface area contributed by atoms with Gasteiger partial charge in [-0.15, -0.1) is 0 Å². The predicted molar refractivity (Wildman–Crippen MR) is 143 cm³/mol. The molecule has 0 aliphatic carbocycles. The van der Waals surface area contributed by atoms with Crippen LogP contribution in [0.4, 0.5) is 0 Å². The van der Waals surface area contributed by atoms with E-state index in [-0.39, 0.29) is 0 Å². The van der Waals surface area contributed by atoms with Crippen molar-refractivity contribution >= 4 is 34.9 Å². The quantitative estimate of drug-likeness (QED) is 0.303. The molecule has 5 aromatic rings. The second-order valence-electron chi connectivity index (χ2n) is 9.88. The van der Waals surface area contributed by atoms with Crippen molar-refractivity contribution in [1.82, 2.24) is 0 Å². The highest BCUT2D eigenvalue weighted by Gasteiger charge is 2.35. The molecule has 170 valence electrons. The van der Waals surface area contributed by atoms with Crippen LogP contribution in [-0.4, -0.2) is 23.8 Å². The highest BCUT2D eigenvalue weighted by Crippen LogP contribution is 2.36. The van der Waals surface area contributed by atoms with Crippen LogP contribution in [0.3, 0.4) is 0 Å². The molecule has 0 saturated carbocycles. The fourth-order valence-corrected chi connectivity index (χ4v) is 4.18. The summed E-state index contributed by atoms with van der Waals surface area (Å²) >= 11 is 0. The molecular weight excluding hydrogens is 419 g/mol. The molecule has 0 unspecified atom stereocenters. The van der Waals surface area contributed by atoms with Crippen molar-refractivity contribution in [2.24, 2.45) is 0 Å². The molecule has 0 spiro atoms. The largest absolute Gasteiger partial charge is 0.455 e. The maximum absolute atomic E-state index is 10.5. The number of hydrogen-bond donors (Lipinski definition) is 1. The molecule has 4 aromatic carbocycles. The fraction of sp³-hybridized carbons (Fsp3) is 0.200. The molecule has 1 aromatic heterocycles. The molecule has 4 heteroatoms. The third kappa shape index (κ3) is 4.04. The van der Waals surface area contributed by atoms with Crippen LogP contribution in [0, 0.1) is 0 Å². The summed E-state index contributed by atoms with van der Waals surface area (Å²) in [5, 5.41) is 12.6. The van der Waals surface area contributed by atoms with E-state index >= 15 is 0 Å². The van der Waals surface area contributed by atoms with E-state index < -0.39 is 11.2 Å². The SMILES string of the molecule is CC(C)(O)C(C)(C)OBc1cccc2oc3c(-c4ccc(-c5ccccc5)cc4)cccc3c12. The normalized spacial score (nSPS) is 12.4. The zero-order valence-electron chi connectivity index (χ0n) is 20.1. The molecule has 34 heavy (non-hydrogen) atoms. The van der Waals surface area contributed by atoms with Gasteiger partial charge in [-0.2, -0.15) is 0 Å². The number of benzene rings is 4. The average Bonchev–Trinajstić information content (AvgIpc) is 3.22. The summed E-state index contributed by atoms with van der Waals surface area (Å²) in [6, 6.07) is 31.4. The summed E-state index contributed by atoms with van der Waals surface area (Å²) < 4.78 is 12.6. The third-order valence-corrected chi connectivity index (χ3v) is 6.97. The van der Waals surface area contributed by atoms with E-state index in [0.717, 1.165) is 38.5 Å². The molecule has 0 aliphatic rings. The molecule has 1 N–H and O–H groups in total. The summed E-state index contributed by atoms with van der Waals surface area (Å²) in [7, 11) is 0.388. The standard InChI is InChI=1S/C30H29BO3/c1-29(2,32)30(3,4)34-31-25-14-9-15-26-27(25)24-13-8-12-23(28(24)33-26)22-18-16-21(17-19-22)20-10-6-5-7-11-20/h5-19,31-32H,1-4H3. The van der Waals surface area contributed by atoms with Gasteiger partial charge in [0.1, 0.15) is 11.2 Å². The Morgan fingerprint density at radius 1 is 0.706 bits per heavy atom. The maximum atomic E-state index is 10.5. The molecule has 0 aliphatic heterocycles. The first kappa shape index (κ1) is 22.5. The maximum Gasteiger partial charge on any atom is 0.310 e. The van der Waals surface area contributed by atoms with Gasteiger partial charge in [0, 0.05) is 16.3 Å². The fourth-order valence-electron chi connectivity index (χ4n) is 4.18. The summed E-state index contributed by atoms with van der Waals surface area (Å²) in [6.45, 7) is 7.38. The van der Waals surface area contributed by atoms with Gasteiger partial charge in [0.15, 0.2) is 0 Å². The molecule has 0 atom stereocenters. The van der Waals surface area contributed by atoms with Crippen LogP contribution >= 0.6 is 0 Å². The molecule has 0 amide bonds. The van der Waals surface area contributed by atoms with Crippen molar-refractivity contribution < 1.29 is 14.2 Å². The number of para-hydroxylation sites is 1. The molecular formula is C30H29BO3. The van der Waals surface area contributed by atoms with Crippen molar-refractivity contribution in [2.45, 2.75) is 38.9 Å². The van der Waals surface area contributed by atoms with E-state index in [4.69, 9.17) is 9.07 Å². The van der Waals surface area contributed by atoms with E-state index in [1.165, 1.54) is 11.1 Å². The van der Waals surface area contributed by atoms with Gasteiger partial charge in [0.05, 0.1) is 11.2 Å². The van der Waals surface area contributed by atoms with E-state index in [9.17, 15) is 5.11 Å². The minimum absolute atomic E-state index is 0.388. The van der Waals surface area contributed by atoms with Crippen LogP contribution in [0.25, 0.3) is 44.2 Å². The Bertz CT molecular complexity index is 1440. The Labute approximate surface area is 201 Å². The number of aliphatic hydroxyl groups is 1. The summed E-state index contributed by atoms with van der Waals surface area (Å²) in [5.74, 6) is 0. The number of hydrogen-bond acceptors (Lipinski definition) is 3. The Morgan fingerprint density at radius 3 is 2.06 bits per heavy atom. The van der Waals surface area contributed by atoms with Crippen molar-refractivity contribution in [3.8, 4) is 22.3 Å². The van der Waals surface area contributed by atoms with Gasteiger partial charge in [0.2, 0.25) is 0 Å². The van der Waals surface area contributed by atoms with Crippen molar-refractivity contribution in [2.75, 3.05) is 0 Å². The van der Waals surface area contributed by atoms with Crippen LogP contribution in [0.1, 0.15) is 27.7 Å². The lowest BCUT2D eigenvalue weighted by Gasteiger charge is -2.37. The Balaban J connectivity index is 1.55. The van der Waals surface area contributed by atoms with Crippen LogP contribution in [0.15, 0.2) is 95.4 Å². The topological polar surface area (TPSA) is 42.6 Å². The number of rotatable bonds is 6. The molecule has 0 fully saturated rings. The van der Waals surface area contributed by atoms with E-state index in [1.807, 2.05) is 32.0 Å². The lowest BCUT2D eigenvalue weighted by atomic mass is 9.80. The predicted octanol–water partition coefficient (Wildman–Crippen LogP) is 6.46. The molecule has 0 radical (unpaired) electrons. The van der Waals surface area contributed by atoms with Gasteiger partial charge in [-0.3, -0.25) is 0 Å². The van der Waals surface area contributed by atoms with Gasteiger partial charge in [-0.25, -0.2) is 0 Å². The zero-order valence-corrected chi connectivity index (χ0v) is 20.1. The molecule has 1 heterocycles. The first-order valence-electron chi connectivity index (χ1n) is 11.7. The van der Waals surface area contributed by atoms with Crippen molar-refractivity contribution in [3.05, 3.63) is 91.0 Å². The van der Waals surface area contributed by atoms with Gasteiger partial charge in [-0.05, 0) is 55.9 Å². The van der Waals surface area contributed by atoms with E-state index in [1.54, 1.807) is 13.8 Å². The van der Waals surface area contributed by atoms with Gasteiger partial charge in [0.25, 0.3) is 0 Å². The molecule has 0 bridgehead atoms. The molecule has 0 saturated heterocycles. The van der Waals surface area contributed by atoms with Crippen molar-refractivity contribution in [1.29, 1.82) is 0 Å². The highest BCUT2D eigenvalue weighted by molar-refractivity contribution is 6.53. The molecule has 3 nitrogen and oxygen atoms in total. The average molecular weight is 448 g/mol. The Hall–Kier alpha value is -3.34. The number of furan rings is 1. The van der Waals surface area contributed by atoms with E-state index in [0.29, 0.717) is 7.48 Å². The van der Waals surface area contributed by atoms with Gasteiger partial charge >= 0.3 is 7.48 Å². The monoisotopic (exact) mass is 448 g/mol. The summed E-state index contributed by atoms with van der Waals surface area (Å²) in [4.78, 5) is 0. The Kier molecular flexibility index (Phi) is 5.59. The summed E-state index contributed by atoms with van der Waals surface area (Å²) in [6.07, 6.45) is 0. The third-order valence-electron chi connectivity index (χ3n) is 6.97. The molecule has 5 rings (SSSR count). The minimum atomic E-state index is -0.960. The second-order valence-corrected chi connectivity index (χ2v) is 9.88. The second kappa shape index (κ2) is 8.46. The van der Waals surface area contributed by atoms with Gasteiger partial charge < -0.3 is 14.2 Å². The van der Waals surface area contributed by atoms with Crippen LogP contribution in [0.5, 0.6) is 0 Å². The number of fused-ring (bicyclic) bond motifs is 3. The van der Waals surface area contributed by atoms with E-state index in [2.05, 4.69) is 72.8 Å². The Morgan fingerprint density at radius 2 is 1.35 bits per heavy atom.